The summed E-state index contributed by atoms with van der Waals surface area (Å²) in [4.78, 5) is 1.16. The molecule has 1 heterocycles. The number of alkyl halides is 1. The molecule has 2 atom stereocenters. The van der Waals surface area contributed by atoms with E-state index in [1.54, 1.807) is 11.3 Å². The van der Waals surface area contributed by atoms with Gasteiger partial charge in [-0.15, -0.1) is 22.9 Å². The van der Waals surface area contributed by atoms with Crippen molar-refractivity contribution in [3.63, 3.8) is 0 Å². The van der Waals surface area contributed by atoms with Crippen LogP contribution < -0.4 is 0 Å². The Balaban J connectivity index is 2.64. The van der Waals surface area contributed by atoms with E-state index in [-0.39, 0.29) is 5.38 Å². The van der Waals surface area contributed by atoms with Gasteiger partial charge in [0.05, 0.1) is 14.2 Å². The fourth-order valence-corrected chi connectivity index (χ4v) is 3.39. The maximum absolute atomic E-state index is 6.30. The minimum Gasteiger partial charge on any atom is -0.130 e. The average Bonchev–Trinajstić information content (AvgIpc) is 2.47. The lowest BCUT2D eigenvalue weighted by atomic mass is 10.0. The molecule has 14 heavy (non-hydrogen) atoms. The zero-order valence-corrected chi connectivity index (χ0v) is 12.1. The van der Waals surface area contributed by atoms with Gasteiger partial charge in [-0.3, -0.25) is 0 Å². The van der Waals surface area contributed by atoms with Crippen LogP contribution in [0.15, 0.2) is 9.85 Å². The third-order valence-electron chi connectivity index (χ3n) is 2.28. The number of hydrogen-bond acceptors (Lipinski definition) is 1. The normalized spacial score (nSPS) is 15.5. The van der Waals surface area contributed by atoms with Gasteiger partial charge in [-0.05, 0) is 34.3 Å². The van der Waals surface area contributed by atoms with Crippen LogP contribution in [0.2, 0.25) is 5.02 Å². The van der Waals surface area contributed by atoms with E-state index < -0.39 is 0 Å². The van der Waals surface area contributed by atoms with Crippen LogP contribution in [-0.4, -0.2) is 0 Å². The summed E-state index contributed by atoms with van der Waals surface area (Å²) in [6, 6.07) is 1.95. The number of hydrogen-bond donors (Lipinski definition) is 0. The summed E-state index contributed by atoms with van der Waals surface area (Å²) < 4.78 is 0.976. The summed E-state index contributed by atoms with van der Waals surface area (Å²) in [5.74, 6) is 0.664. The van der Waals surface area contributed by atoms with Gasteiger partial charge in [-0.2, -0.15) is 0 Å². The van der Waals surface area contributed by atoms with Crippen molar-refractivity contribution in [3.05, 3.63) is 19.8 Å². The topological polar surface area (TPSA) is 0 Å². The molecule has 1 rings (SSSR count). The molecule has 1 aromatic rings. The lowest BCUT2D eigenvalue weighted by molar-refractivity contribution is 0.510. The molecule has 0 fully saturated rings. The van der Waals surface area contributed by atoms with Crippen LogP contribution in [-0.2, 0) is 0 Å². The molecule has 0 bridgehead atoms. The van der Waals surface area contributed by atoms with E-state index >= 15 is 0 Å². The maximum atomic E-state index is 6.30. The lowest BCUT2D eigenvalue weighted by Crippen LogP contribution is -1.97. The van der Waals surface area contributed by atoms with Crippen LogP contribution in [0, 0.1) is 5.92 Å². The Labute approximate surface area is 108 Å². The van der Waals surface area contributed by atoms with Crippen LogP contribution in [0.3, 0.4) is 0 Å². The van der Waals surface area contributed by atoms with Crippen molar-refractivity contribution in [1.29, 1.82) is 0 Å². The Kier molecular flexibility index (Phi) is 5.26. The molecule has 0 saturated heterocycles. The van der Waals surface area contributed by atoms with E-state index in [2.05, 4.69) is 29.8 Å². The van der Waals surface area contributed by atoms with Crippen LogP contribution in [0.5, 0.6) is 0 Å². The second-order valence-electron chi connectivity index (χ2n) is 3.49. The summed E-state index contributed by atoms with van der Waals surface area (Å²) in [5.41, 5.74) is 0. The van der Waals surface area contributed by atoms with Gasteiger partial charge in [0, 0.05) is 4.88 Å². The number of thiophene rings is 1. The number of rotatable bonds is 4. The van der Waals surface area contributed by atoms with Crippen molar-refractivity contribution >= 4 is 50.5 Å². The van der Waals surface area contributed by atoms with Crippen LogP contribution in [0.25, 0.3) is 0 Å². The highest BCUT2D eigenvalue weighted by molar-refractivity contribution is 9.11. The zero-order chi connectivity index (χ0) is 10.7. The summed E-state index contributed by atoms with van der Waals surface area (Å²) in [5, 5.41) is 0.860. The molecule has 2 unspecified atom stereocenters. The summed E-state index contributed by atoms with van der Waals surface area (Å²) in [6.07, 6.45) is 2.19. The smallest absolute Gasteiger partial charge is 0.0887 e. The van der Waals surface area contributed by atoms with Crippen LogP contribution in [0.4, 0.5) is 0 Å². The fraction of sp³-hybridized carbons (Fsp3) is 0.600. The third kappa shape index (κ3) is 3.41. The van der Waals surface area contributed by atoms with Gasteiger partial charge >= 0.3 is 0 Å². The number of halogens is 3. The molecule has 0 aliphatic heterocycles. The average molecular weight is 316 g/mol. The molecular weight excluding hydrogens is 303 g/mol. The van der Waals surface area contributed by atoms with Gasteiger partial charge in [0.1, 0.15) is 0 Å². The highest BCUT2D eigenvalue weighted by Crippen LogP contribution is 2.39. The highest BCUT2D eigenvalue weighted by Gasteiger charge is 2.15. The Bertz CT molecular complexity index is 279. The second-order valence-corrected chi connectivity index (χ2v) is 6.82. The Morgan fingerprint density at radius 3 is 2.64 bits per heavy atom. The largest absolute Gasteiger partial charge is 0.130 e. The first-order valence-corrected chi connectivity index (χ1v) is 7.05. The standard InChI is InChI=1S/C10H13BrCl2S/c1-3-6(2)4-7(12)9-5-8(13)10(11)14-9/h5-7H,3-4H2,1-2H3. The molecule has 0 N–H and O–H groups in total. The van der Waals surface area contributed by atoms with Gasteiger partial charge < -0.3 is 0 Å². The Morgan fingerprint density at radius 1 is 1.57 bits per heavy atom. The molecule has 0 aromatic carbocycles. The molecule has 4 heteroatoms. The minimum absolute atomic E-state index is 0.0961. The molecule has 0 aliphatic carbocycles. The first-order valence-electron chi connectivity index (χ1n) is 4.63. The Hall–Kier alpha value is 0.760. The van der Waals surface area contributed by atoms with Crippen molar-refractivity contribution in [2.75, 3.05) is 0 Å². The molecular formula is C10H13BrCl2S. The van der Waals surface area contributed by atoms with Gasteiger partial charge in [0.15, 0.2) is 0 Å². The monoisotopic (exact) mass is 314 g/mol. The van der Waals surface area contributed by atoms with Crippen molar-refractivity contribution in [2.45, 2.75) is 32.1 Å². The molecule has 0 spiro atoms. The maximum Gasteiger partial charge on any atom is 0.0887 e. The van der Waals surface area contributed by atoms with E-state index in [0.717, 1.165) is 20.1 Å². The van der Waals surface area contributed by atoms with Gasteiger partial charge in [0.2, 0.25) is 0 Å². The zero-order valence-electron chi connectivity index (χ0n) is 8.19. The van der Waals surface area contributed by atoms with Crippen molar-refractivity contribution in [2.24, 2.45) is 5.92 Å². The summed E-state index contributed by atoms with van der Waals surface area (Å²) in [7, 11) is 0. The predicted octanol–water partition coefficient (Wildman–Crippen LogP) is 5.88. The highest BCUT2D eigenvalue weighted by atomic mass is 79.9. The SMILES string of the molecule is CCC(C)CC(Cl)c1cc(Cl)c(Br)s1. The van der Waals surface area contributed by atoms with Crippen molar-refractivity contribution in [1.82, 2.24) is 0 Å². The summed E-state index contributed by atoms with van der Waals surface area (Å²) >= 11 is 17.3. The summed E-state index contributed by atoms with van der Waals surface area (Å²) in [6.45, 7) is 4.41. The van der Waals surface area contributed by atoms with E-state index in [4.69, 9.17) is 23.2 Å². The van der Waals surface area contributed by atoms with Crippen LogP contribution >= 0.6 is 50.5 Å². The molecule has 80 valence electrons. The van der Waals surface area contributed by atoms with E-state index in [1.165, 1.54) is 6.42 Å². The van der Waals surface area contributed by atoms with E-state index in [9.17, 15) is 0 Å². The quantitative estimate of drug-likeness (QED) is 0.608. The van der Waals surface area contributed by atoms with E-state index in [0.29, 0.717) is 5.92 Å². The predicted molar refractivity (Wildman–Crippen MR) is 69.7 cm³/mol. The second kappa shape index (κ2) is 5.74. The molecule has 0 amide bonds. The molecule has 0 aliphatic rings. The molecule has 0 radical (unpaired) electrons. The molecule has 0 nitrogen and oxygen atoms in total. The van der Waals surface area contributed by atoms with E-state index in [1.807, 2.05) is 6.07 Å². The molecule has 0 saturated carbocycles. The third-order valence-corrected chi connectivity index (χ3v) is 5.41. The van der Waals surface area contributed by atoms with Gasteiger partial charge in [-0.1, -0.05) is 31.9 Å². The van der Waals surface area contributed by atoms with Gasteiger partial charge in [-0.25, -0.2) is 0 Å². The first-order chi connectivity index (χ1) is 6.54. The Morgan fingerprint density at radius 2 is 2.21 bits per heavy atom. The lowest BCUT2D eigenvalue weighted by Gasteiger charge is -2.12. The van der Waals surface area contributed by atoms with Crippen LogP contribution in [0.1, 0.15) is 36.9 Å². The molecule has 1 aromatic heterocycles. The van der Waals surface area contributed by atoms with Crippen molar-refractivity contribution < 1.29 is 0 Å². The van der Waals surface area contributed by atoms with Crippen molar-refractivity contribution in [3.8, 4) is 0 Å². The fourth-order valence-electron chi connectivity index (χ4n) is 1.15. The minimum atomic E-state index is 0.0961. The van der Waals surface area contributed by atoms with Gasteiger partial charge in [0.25, 0.3) is 0 Å². The first kappa shape index (κ1) is 12.8.